The van der Waals surface area contributed by atoms with E-state index in [1.165, 1.54) is 16.8 Å². The van der Waals surface area contributed by atoms with Gasteiger partial charge in [0.25, 0.3) is 0 Å². The molecule has 2 rings (SSSR count). The summed E-state index contributed by atoms with van der Waals surface area (Å²) >= 11 is 0. The van der Waals surface area contributed by atoms with Crippen molar-refractivity contribution < 1.29 is 0 Å². The molecule has 1 aromatic heterocycles. The van der Waals surface area contributed by atoms with Gasteiger partial charge in [0.05, 0.1) is 0 Å². The molecule has 2 heteroatoms. The van der Waals surface area contributed by atoms with Crippen LogP contribution >= 0.6 is 0 Å². The van der Waals surface area contributed by atoms with Crippen molar-refractivity contribution in [3.05, 3.63) is 23.4 Å². The lowest BCUT2D eigenvalue weighted by molar-refractivity contribution is 0.842. The molecule has 1 aromatic rings. The third-order valence-electron chi connectivity index (χ3n) is 2.97. The van der Waals surface area contributed by atoms with E-state index >= 15 is 0 Å². The number of hydrogen-bond donors (Lipinski definition) is 0. The number of pyridine rings is 1. The van der Waals surface area contributed by atoms with Gasteiger partial charge in [-0.15, -0.1) is 0 Å². The molecule has 0 atom stereocenters. The van der Waals surface area contributed by atoms with Crippen LogP contribution in [0.2, 0.25) is 0 Å². The standard InChI is InChI=1S/C13H18N2/c1-8(2)10-5-6-14-13-11(10)7-12(15-13)9(3)4/h5-6,8-9H,7H2,1-4H3. The van der Waals surface area contributed by atoms with E-state index in [9.17, 15) is 0 Å². The van der Waals surface area contributed by atoms with Crippen LogP contribution in [0.3, 0.4) is 0 Å². The van der Waals surface area contributed by atoms with E-state index in [2.05, 4.69) is 43.7 Å². The van der Waals surface area contributed by atoms with Crippen molar-refractivity contribution in [2.75, 3.05) is 0 Å². The zero-order valence-electron chi connectivity index (χ0n) is 9.91. The van der Waals surface area contributed by atoms with E-state index in [0.717, 1.165) is 12.2 Å². The van der Waals surface area contributed by atoms with Crippen molar-refractivity contribution >= 4 is 11.5 Å². The molecule has 2 heterocycles. The van der Waals surface area contributed by atoms with E-state index in [4.69, 9.17) is 0 Å². The lowest BCUT2D eigenvalue weighted by Crippen LogP contribution is -2.07. The highest BCUT2D eigenvalue weighted by Gasteiger charge is 2.21. The fourth-order valence-corrected chi connectivity index (χ4v) is 2.00. The molecule has 0 radical (unpaired) electrons. The zero-order chi connectivity index (χ0) is 11.0. The number of hydrogen-bond acceptors (Lipinski definition) is 2. The predicted molar refractivity (Wildman–Crippen MR) is 64.0 cm³/mol. The van der Waals surface area contributed by atoms with Gasteiger partial charge in [-0.05, 0) is 23.5 Å². The number of nitrogens with zero attached hydrogens (tertiary/aromatic N) is 2. The molecule has 80 valence electrons. The number of rotatable bonds is 2. The summed E-state index contributed by atoms with van der Waals surface area (Å²) in [5, 5.41) is 0. The maximum absolute atomic E-state index is 4.60. The van der Waals surface area contributed by atoms with Crippen molar-refractivity contribution in [1.29, 1.82) is 0 Å². The molecule has 0 aromatic carbocycles. The summed E-state index contributed by atoms with van der Waals surface area (Å²) in [6.45, 7) is 8.84. The summed E-state index contributed by atoms with van der Waals surface area (Å²) in [5.41, 5.74) is 4.02. The quantitative estimate of drug-likeness (QED) is 0.720. The Morgan fingerprint density at radius 3 is 2.47 bits per heavy atom. The minimum absolute atomic E-state index is 0.527. The van der Waals surface area contributed by atoms with E-state index in [1.54, 1.807) is 0 Å². The van der Waals surface area contributed by atoms with E-state index in [-0.39, 0.29) is 0 Å². The van der Waals surface area contributed by atoms with E-state index in [0.29, 0.717) is 11.8 Å². The summed E-state index contributed by atoms with van der Waals surface area (Å²) in [4.78, 5) is 8.95. The molecule has 2 nitrogen and oxygen atoms in total. The van der Waals surface area contributed by atoms with Crippen molar-refractivity contribution in [2.45, 2.75) is 40.0 Å². The molecule has 1 aliphatic rings. The van der Waals surface area contributed by atoms with Crippen LogP contribution in [-0.4, -0.2) is 10.7 Å². The van der Waals surface area contributed by atoms with Gasteiger partial charge in [-0.1, -0.05) is 27.7 Å². The second-order valence-electron chi connectivity index (χ2n) is 4.79. The van der Waals surface area contributed by atoms with Crippen LogP contribution in [0, 0.1) is 5.92 Å². The minimum atomic E-state index is 0.527. The molecule has 0 spiro atoms. The molecule has 0 N–H and O–H groups in total. The summed E-state index contributed by atoms with van der Waals surface area (Å²) in [7, 11) is 0. The first-order valence-corrected chi connectivity index (χ1v) is 5.64. The first kappa shape index (κ1) is 10.3. The molecule has 0 bridgehead atoms. The van der Waals surface area contributed by atoms with Gasteiger partial charge in [0, 0.05) is 23.9 Å². The Kier molecular flexibility index (Phi) is 2.59. The Morgan fingerprint density at radius 2 is 1.87 bits per heavy atom. The van der Waals surface area contributed by atoms with E-state index in [1.807, 2.05) is 6.20 Å². The fourth-order valence-electron chi connectivity index (χ4n) is 2.00. The first-order valence-electron chi connectivity index (χ1n) is 5.64. The third-order valence-corrected chi connectivity index (χ3v) is 2.97. The zero-order valence-corrected chi connectivity index (χ0v) is 9.91. The van der Waals surface area contributed by atoms with Crippen molar-refractivity contribution in [1.82, 2.24) is 4.98 Å². The lowest BCUT2D eigenvalue weighted by Gasteiger charge is -2.10. The average molecular weight is 202 g/mol. The van der Waals surface area contributed by atoms with Gasteiger partial charge in [0.2, 0.25) is 0 Å². The van der Waals surface area contributed by atoms with Gasteiger partial charge in [-0.3, -0.25) is 0 Å². The maximum atomic E-state index is 4.60. The topological polar surface area (TPSA) is 25.2 Å². The summed E-state index contributed by atoms with van der Waals surface area (Å²) in [5.74, 6) is 2.03. The minimum Gasteiger partial charge on any atom is -0.237 e. The number of fused-ring (bicyclic) bond motifs is 1. The Morgan fingerprint density at radius 1 is 1.13 bits per heavy atom. The second-order valence-corrected chi connectivity index (χ2v) is 4.79. The van der Waals surface area contributed by atoms with Crippen LogP contribution in [0.5, 0.6) is 0 Å². The number of aliphatic imine (C=N–C) groups is 1. The highest BCUT2D eigenvalue weighted by atomic mass is 14.9. The Balaban J connectivity index is 2.40. The predicted octanol–water partition coefficient (Wildman–Crippen LogP) is 3.49. The first-order chi connectivity index (χ1) is 7.09. The molecule has 15 heavy (non-hydrogen) atoms. The van der Waals surface area contributed by atoms with E-state index < -0.39 is 0 Å². The second kappa shape index (κ2) is 3.76. The summed E-state index contributed by atoms with van der Waals surface area (Å²) in [6, 6.07) is 2.13. The highest BCUT2D eigenvalue weighted by Crippen LogP contribution is 2.32. The molecule has 0 unspecified atom stereocenters. The molecular weight excluding hydrogens is 184 g/mol. The summed E-state index contributed by atoms with van der Waals surface area (Å²) < 4.78 is 0. The van der Waals surface area contributed by atoms with Crippen LogP contribution in [0.15, 0.2) is 17.3 Å². The van der Waals surface area contributed by atoms with Crippen LogP contribution in [0.1, 0.15) is 44.7 Å². The Hall–Kier alpha value is -1.18. The van der Waals surface area contributed by atoms with Crippen molar-refractivity contribution in [2.24, 2.45) is 10.9 Å². The fraction of sp³-hybridized carbons (Fsp3) is 0.538. The van der Waals surface area contributed by atoms with Crippen molar-refractivity contribution in [3.63, 3.8) is 0 Å². The number of aromatic nitrogens is 1. The summed E-state index contributed by atoms with van der Waals surface area (Å²) in [6.07, 6.45) is 2.87. The average Bonchev–Trinajstić information content (AvgIpc) is 2.60. The van der Waals surface area contributed by atoms with Gasteiger partial charge in [-0.2, -0.15) is 0 Å². The maximum Gasteiger partial charge on any atom is 0.155 e. The monoisotopic (exact) mass is 202 g/mol. The Labute approximate surface area is 91.5 Å². The van der Waals surface area contributed by atoms with Gasteiger partial charge in [0.1, 0.15) is 0 Å². The highest BCUT2D eigenvalue weighted by molar-refractivity contribution is 5.94. The lowest BCUT2D eigenvalue weighted by atomic mass is 9.94. The van der Waals surface area contributed by atoms with Crippen molar-refractivity contribution in [3.8, 4) is 0 Å². The third kappa shape index (κ3) is 1.81. The molecular formula is C13H18N2. The van der Waals surface area contributed by atoms with Gasteiger partial charge < -0.3 is 0 Å². The molecule has 0 fully saturated rings. The van der Waals surface area contributed by atoms with Crippen LogP contribution in [0.4, 0.5) is 5.82 Å². The molecule has 1 aliphatic heterocycles. The largest absolute Gasteiger partial charge is 0.237 e. The molecule has 0 saturated heterocycles. The Bertz CT molecular complexity index is 403. The molecule has 0 saturated carbocycles. The normalized spacial score (nSPS) is 14.7. The van der Waals surface area contributed by atoms with Crippen LogP contribution in [-0.2, 0) is 6.42 Å². The van der Waals surface area contributed by atoms with Crippen LogP contribution in [0.25, 0.3) is 0 Å². The molecule has 0 aliphatic carbocycles. The molecule has 0 amide bonds. The van der Waals surface area contributed by atoms with Gasteiger partial charge in [0.15, 0.2) is 5.82 Å². The van der Waals surface area contributed by atoms with Crippen LogP contribution < -0.4 is 0 Å². The van der Waals surface area contributed by atoms with Gasteiger partial charge >= 0.3 is 0 Å². The van der Waals surface area contributed by atoms with Gasteiger partial charge in [-0.25, -0.2) is 9.98 Å². The smallest absolute Gasteiger partial charge is 0.155 e. The SMILES string of the molecule is CC(C)C1=Nc2nccc(C(C)C)c2C1.